The Balaban J connectivity index is 2.23. The van der Waals surface area contributed by atoms with E-state index in [0.29, 0.717) is 27.6 Å². The van der Waals surface area contributed by atoms with Crippen molar-refractivity contribution in [2.75, 3.05) is 5.73 Å². The average molecular weight is 262 g/mol. The van der Waals surface area contributed by atoms with Gasteiger partial charge in [0.15, 0.2) is 5.58 Å². The molecule has 0 aliphatic rings. The Morgan fingerprint density at radius 1 is 1.11 bits per heavy atom. The Morgan fingerprint density at radius 2 is 1.94 bits per heavy atom. The average Bonchev–Trinajstić information content (AvgIpc) is 2.74. The topological polar surface area (TPSA) is 39.2 Å². The lowest BCUT2D eigenvalue weighted by Crippen LogP contribution is -1.88. The fourth-order valence-electron chi connectivity index (χ4n) is 1.89. The summed E-state index contributed by atoms with van der Waals surface area (Å²) in [6.45, 7) is 0. The van der Waals surface area contributed by atoms with Gasteiger partial charge in [0.05, 0.1) is 10.6 Å². The fraction of sp³-hybridized carbons (Fsp3) is 0. The van der Waals surface area contributed by atoms with Crippen molar-refractivity contribution in [1.29, 1.82) is 0 Å². The minimum atomic E-state index is -0.412. The van der Waals surface area contributed by atoms with Gasteiger partial charge in [-0.05, 0) is 30.3 Å². The van der Waals surface area contributed by atoms with Crippen LogP contribution in [0.25, 0.3) is 22.3 Å². The van der Waals surface area contributed by atoms with E-state index in [1.165, 1.54) is 6.07 Å². The van der Waals surface area contributed by atoms with Crippen LogP contribution in [0.15, 0.2) is 46.9 Å². The lowest BCUT2D eigenvalue weighted by molar-refractivity contribution is 0.602. The van der Waals surface area contributed by atoms with Crippen LogP contribution in [0, 0.1) is 5.82 Å². The number of fused-ring (bicyclic) bond motifs is 1. The zero-order valence-electron chi connectivity index (χ0n) is 9.28. The highest BCUT2D eigenvalue weighted by atomic mass is 35.5. The summed E-state index contributed by atoms with van der Waals surface area (Å²) in [6, 6.07) is 11.7. The van der Waals surface area contributed by atoms with Crippen LogP contribution in [0.5, 0.6) is 0 Å². The normalized spacial score (nSPS) is 11.0. The monoisotopic (exact) mass is 261 g/mol. The first kappa shape index (κ1) is 11.1. The maximum absolute atomic E-state index is 13.8. The number of para-hydroxylation sites is 1. The molecule has 0 amide bonds. The van der Waals surface area contributed by atoms with Crippen molar-refractivity contribution in [3.63, 3.8) is 0 Å². The highest BCUT2D eigenvalue weighted by Crippen LogP contribution is 2.33. The molecule has 0 saturated carbocycles. The summed E-state index contributed by atoms with van der Waals surface area (Å²) in [5.74, 6) is 0.0285. The van der Waals surface area contributed by atoms with E-state index in [1.807, 2.05) is 12.1 Å². The van der Waals surface area contributed by atoms with Gasteiger partial charge in [-0.1, -0.05) is 23.7 Å². The summed E-state index contributed by atoms with van der Waals surface area (Å²) >= 11 is 6.02. The minimum Gasteiger partial charge on any atom is -0.454 e. The van der Waals surface area contributed by atoms with Crippen LogP contribution in [0.1, 0.15) is 0 Å². The number of furan rings is 1. The molecule has 0 fully saturated rings. The van der Waals surface area contributed by atoms with E-state index in [2.05, 4.69) is 0 Å². The van der Waals surface area contributed by atoms with Gasteiger partial charge in [-0.3, -0.25) is 0 Å². The van der Waals surface area contributed by atoms with E-state index in [4.69, 9.17) is 21.8 Å². The van der Waals surface area contributed by atoms with Crippen LogP contribution < -0.4 is 5.73 Å². The molecule has 0 saturated heterocycles. The summed E-state index contributed by atoms with van der Waals surface area (Å²) < 4.78 is 19.4. The number of halogens is 2. The smallest absolute Gasteiger partial charge is 0.153 e. The summed E-state index contributed by atoms with van der Waals surface area (Å²) in [5.41, 5.74) is 6.83. The van der Waals surface area contributed by atoms with Crippen molar-refractivity contribution in [3.8, 4) is 11.3 Å². The van der Waals surface area contributed by atoms with Crippen molar-refractivity contribution in [1.82, 2.24) is 0 Å². The molecule has 0 radical (unpaired) electrons. The summed E-state index contributed by atoms with van der Waals surface area (Å²) in [7, 11) is 0. The second-order valence-electron chi connectivity index (χ2n) is 4.01. The molecule has 2 nitrogen and oxygen atoms in total. The van der Waals surface area contributed by atoms with Gasteiger partial charge in [0, 0.05) is 11.1 Å². The molecule has 90 valence electrons. The van der Waals surface area contributed by atoms with Crippen LogP contribution in [0.4, 0.5) is 10.1 Å². The molecule has 1 aromatic heterocycles. The van der Waals surface area contributed by atoms with E-state index >= 15 is 0 Å². The van der Waals surface area contributed by atoms with Gasteiger partial charge in [-0.15, -0.1) is 0 Å². The lowest BCUT2D eigenvalue weighted by Gasteiger charge is -2.00. The maximum Gasteiger partial charge on any atom is 0.153 e. The maximum atomic E-state index is 13.8. The number of anilines is 1. The number of rotatable bonds is 1. The van der Waals surface area contributed by atoms with Gasteiger partial charge in [-0.25, -0.2) is 4.39 Å². The van der Waals surface area contributed by atoms with Crippen molar-refractivity contribution in [3.05, 3.63) is 53.3 Å². The van der Waals surface area contributed by atoms with Crippen LogP contribution in [-0.4, -0.2) is 0 Å². The number of nitrogen functional groups attached to an aromatic ring is 1. The molecule has 18 heavy (non-hydrogen) atoms. The van der Waals surface area contributed by atoms with Crippen molar-refractivity contribution < 1.29 is 8.81 Å². The third-order valence-corrected chi connectivity index (χ3v) is 3.05. The van der Waals surface area contributed by atoms with E-state index in [1.54, 1.807) is 24.3 Å². The van der Waals surface area contributed by atoms with Crippen LogP contribution >= 0.6 is 11.6 Å². The molecule has 0 unspecified atom stereocenters. The molecule has 0 aliphatic carbocycles. The largest absolute Gasteiger partial charge is 0.454 e. The third-order valence-electron chi connectivity index (χ3n) is 2.75. The first-order chi connectivity index (χ1) is 8.65. The predicted octanol–water partition coefficient (Wildman–Crippen LogP) is 4.47. The van der Waals surface area contributed by atoms with Gasteiger partial charge in [0.1, 0.15) is 11.6 Å². The Kier molecular flexibility index (Phi) is 2.49. The van der Waals surface area contributed by atoms with Crippen molar-refractivity contribution in [2.45, 2.75) is 0 Å². The third kappa shape index (κ3) is 1.73. The molecule has 0 spiro atoms. The number of hydrogen-bond acceptors (Lipinski definition) is 2. The van der Waals surface area contributed by atoms with E-state index in [0.717, 1.165) is 5.39 Å². The predicted molar refractivity (Wildman–Crippen MR) is 71.0 cm³/mol. The van der Waals surface area contributed by atoms with Crippen LogP contribution in [-0.2, 0) is 0 Å². The fourth-order valence-corrected chi connectivity index (χ4v) is 2.11. The molecule has 0 atom stereocenters. The van der Waals surface area contributed by atoms with Gasteiger partial charge < -0.3 is 10.2 Å². The summed E-state index contributed by atoms with van der Waals surface area (Å²) in [6.07, 6.45) is 0. The molecule has 2 aromatic carbocycles. The first-order valence-corrected chi connectivity index (χ1v) is 5.76. The Bertz CT molecular complexity index is 736. The second-order valence-corrected chi connectivity index (χ2v) is 4.42. The molecular weight excluding hydrogens is 253 g/mol. The summed E-state index contributed by atoms with van der Waals surface area (Å²) in [5, 5.41) is 1.35. The van der Waals surface area contributed by atoms with Gasteiger partial charge in [0.25, 0.3) is 0 Å². The molecule has 2 N–H and O–H groups in total. The number of benzene rings is 2. The van der Waals surface area contributed by atoms with E-state index in [-0.39, 0.29) is 0 Å². The highest BCUT2D eigenvalue weighted by molar-refractivity contribution is 6.34. The Hall–Kier alpha value is -2.00. The van der Waals surface area contributed by atoms with Gasteiger partial charge in [0.2, 0.25) is 0 Å². The zero-order chi connectivity index (χ0) is 12.7. The Morgan fingerprint density at radius 3 is 2.67 bits per heavy atom. The quantitative estimate of drug-likeness (QED) is 0.656. The first-order valence-electron chi connectivity index (χ1n) is 5.38. The lowest BCUT2D eigenvalue weighted by atomic mass is 10.1. The highest BCUT2D eigenvalue weighted by Gasteiger charge is 2.12. The number of hydrogen-bond donors (Lipinski definition) is 1. The standard InChI is InChI=1S/C14H9ClFNO/c15-11-3-1-2-8-6-13(18-14(8)11)10-5-4-9(17)7-12(10)16/h1-7H,17H2. The zero-order valence-corrected chi connectivity index (χ0v) is 10.0. The van der Waals surface area contributed by atoms with E-state index in [9.17, 15) is 4.39 Å². The molecular formula is C14H9ClFNO. The second kappa shape index (κ2) is 4.03. The SMILES string of the molecule is Nc1ccc(-c2cc3cccc(Cl)c3o2)c(F)c1. The number of nitrogens with two attached hydrogens (primary N) is 1. The van der Waals surface area contributed by atoms with Crippen LogP contribution in [0.3, 0.4) is 0 Å². The van der Waals surface area contributed by atoms with Crippen molar-refractivity contribution >= 4 is 28.3 Å². The molecule has 3 rings (SSSR count). The molecule has 3 aromatic rings. The molecule has 1 heterocycles. The van der Waals surface area contributed by atoms with Gasteiger partial charge in [-0.2, -0.15) is 0 Å². The molecule has 0 aliphatic heterocycles. The van der Waals surface area contributed by atoms with Gasteiger partial charge >= 0.3 is 0 Å². The summed E-state index contributed by atoms with van der Waals surface area (Å²) in [4.78, 5) is 0. The Labute approximate surface area is 108 Å². The van der Waals surface area contributed by atoms with Crippen molar-refractivity contribution in [2.24, 2.45) is 0 Å². The molecule has 0 bridgehead atoms. The minimum absolute atomic E-state index is 0.372. The molecule has 4 heteroatoms. The van der Waals surface area contributed by atoms with Crippen LogP contribution in [0.2, 0.25) is 5.02 Å². The van der Waals surface area contributed by atoms with E-state index < -0.39 is 5.82 Å².